The lowest BCUT2D eigenvalue weighted by atomic mass is 10.1. The average molecular weight is 198 g/mol. The molecule has 0 aromatic rings. The minimum absolute atomic E-state index is 0.0142. The molecule has 0 amide bonds. The second-order valence-electron chi connectivity index (χ2n) is 3.48. The molecule has 0 aromatic heterocycles. The molecule has 1 aliphatic rings. The summed E-state index contributed by atoms with van der Waals surface area (Å²) in [5.41, 5.74) is 1.14. The Bertz CT molecular complexity index is 221. The third kappa shape index (κ3) is 4.42. The largest absolute Gasteiger partial charge is 0.387 e. The van der Waals surface area contributed by atoms with Crippen LogP contribution in [0.1, 0.15) is 26.2 Å². The molecular weight excluding hydrogens is 179 g/mol. The average Bonchev–Trinajstić information content (AvgIpc) is 2.21. The van der Waals surface area contributed by atoms with Gasteiger partial charge in [0.05, 0.1) is 0 Å². The zero-order valence-corrected chi connectivity index (χ0v) is 8.78. The summed E-state index contributed by atoms with van der Waals surface area (Å²) in [6.45, 7) is 5.10. The minimum Gasteiger partial charge on any atom is -0.387 e. The summed E-state index contributed by atoms with van der Waals surface area (Å²) >= 11 is 0. The van der Waals surface area contributed by atoms with Gasteiger partial charge in [-0.1, -0.05) is 6.92 Å². The molecule has 0 fully saturated rings. The molecule has 0 bridgehead atoms. The van der Waals surface area contributed by atoms with Gasteiger partial charge in [0.2, 0.25) is 0 Å². The van der Waals surface area contributed by atoms with E-state index in [9.17, 15) is 4.39 Å². The molecule has 0 radical (unpaired) electrons. The number of halogens is 1. The lowest BCUT2D eigenvalue weighted by molar-refractivity contribution is 0.565. The predicted molar refractivity (Wildman–Crippen MR) is 57.7 cm³/mol. The normalized spacial score (nSPS) is 16.1. The van der Waals surface area contributed by atoms with E-state index in [-0.39, 0.29) is 5.83 Å². The van der Waals surface area contributed by atoms with Crippen LogP contribution in [0.4, 0.5) is 4.39 Å². The molecule has 0 saturated heterocycles. The highest BCUT2D eigenvalue weighted by Gasteiger charge is 2.03. The summed E-state index contributed by atoms with van der Waals surface area (Å²) in [7, 11) is 0. The van der Waals surface area contributed by atoms with Crippen LogP contribution in [0.15, 0.2) is 23.7 Å². The molecule has 0 heterocycles. The van der Waals surface area contributed by atoms with E-state index in [4.69, 9.17) is 0 Å². The second-order valence-corrected chi connectivity index (χ2v) is 3.48. The molecule has 0 saturated carbocycles. The Morgan fingerprint density at radius 2 is 2.07 bits per heavy atom. The van der Waals surface area contributed by atoms with Crippen LogP contribution < -0.4 is 10.6 Å². The van der Waals surface area contributed by atoms with Crippen molar-refractivity contribution >= 4 is 0 Å². The van der Waals surface area contributed by atoms with E-state index in [2.05, 4.69) is 17.6 Å². The molecule has 2 nitrogen and oxygen atoms in total. The Hall–Kier alpha value is -0.830. The number of rotatable bonds is 6. The van der Waals surface area contributed by atoms with Crippen LogP contribution in [0.2, 0.25) is 0 Å². The van der Waals surface area contributed by atoms with Crippen molar-refractivity contribution in [3.8, 4) is 0 Å². The summed E-state index contributed by atoms with van der Waals surface area (Å²) in [4.78, 5) is 0. The molecule has 1 aliphatic carbocycles. The van der Waals surface area contributed by atoms with Crippen molar-refractivity contribution in [1.82, 2.24) is 10.6 Å². The Morgan fingerprint density at radius 1 is 1.21 bits per heavy atom. The Kier molecular flexibility index (Phi) is 5.30. The molecule has 3 heteroatoms. The van der Waals surface area contributed by atoms with E-state index >= 15 is 0 Å². The lowest BCUT2D eigenvalue weighted by Gasteiger charge is -2.13. The minimum atomic E-state index is -0.0142. The molecule has 0 spiro atoms. The standard InChI is InChI=1S/C11H19FN2/c1-2-7-13-8-9-14-11-5-3-10(12)4-6-11/h3,5,13-14H,2,4,6-9H2,1H3. The van der Waals surface area contributed by atoms with E-state index in [1.54, 1.807) is 6.08 Å². The monoisotopic (exact) mass is 198 g/mol. The van der Waals surface area contributed by atoms with Gasteiger partial charge in [0.15, 0.2) is 0 Å². The molecular formula is C11H19FN2. The van der Waals surface area contributed by atoms with Crippen LogP contribution in [-0.2, 0) is 0 Å². The van der Waals surface area contributed by atoms with Crippen molar-refractivity contribution in [2.75, 3.05) is 19.6 Å². The molecule has 0 aliphatic heterocycles. The number of nitrogens with one attached hydrogen (secondary N) is 2. The first kappa shape index (κ1) is 11.2. The quantitative estimate of drug-likeness (QED) is 0.639. The highest BCUT2D eigenvalue weighted by molar-refractivity contribution is 5.19. The zero-order chi connectivity index (χ0) is 10.2. The maximum Gasteiger partial charge on any atom is 0.100 e. The van der Waals surface area contributed by atoms with Gasteiger partial charge in [-0.3, -0.25) is 0 Å². The van der Waals surface area contributed by atoms with E-state index in [0.717, 1.165) is 38.2 Å². The van der Waals surface area contributed by atoms with Gasteiger partial charge in [0, 0.05) is 25.2 Å². The van der Waals surface area contributed by atoms with Crippen LogP contribution in [0, 0.1) is 0 Å². The smallest absolute Gasteiger partial charge is 0.100 e. The lowest BCUT2D eigenvalue weighted by Crippen LogP contribution is -2.27. The Balaban J connectivity index is 2.07. The van der Waals surface area contributed by atoms with Crippen molar-refractivity contribution in [2.45, 2.75) is 26.2 Å². The topological polar surface area (TPSA) is 24.1 Å². The van der Waals surface area contributed by atoms with E-state index < -0.39 is 0 Å². The fourth-order valence-corrected chi connectivity index (χ4v) is 1.37. The first-order valence-electron chi connectivity index (χ1n) is 5.32. The molecule has 0 unspecified atom stereocenters. The number of hydrogen-bond donors (Lipinski definition) is 2. The number of allylic oxidation sites excluding steroid dienone is 4. The van der Waals surface area contributed by atoms with Crippen LogP contribution in [0.3, 0.4) is 0 Å². The summed E-state index contributed by atoms with van der Waals surface area (Å²) in [5, 5.41) is 6.59. The molecule has 80 valence electrons. The molecule has 0 aromatic carbocycles. The first-order chi connectivity index (χ1) is 6.83. The second kappa shape index (κ2) is 6.60. The highest BCUT2D eigenvalue weighted by atomic mass is 19.1. The third-order valence-corrected chi connectivity index (χ3v) is 2.18. The van der Waals surface area contributed by atoms with E-state index in [1.807, 2.05) is 6.08 Å². The van der Waals surface area contributed by atoms with E-state index in [1.165, 1.54) is 0 Å². The summed E-state index contributed by atoms with van der Waals surface area (Å²) < 4.78 is 12.6. The van der Waals surface area contributed by atoms with Gasteiger partial charge >= 0.3 is 0 Å². The van der Waals surface area contributed by atoms with Gasteiger partial charge in [0.25, 0.3) is 0 Å². The van der Waals surface area contributed by atoms with Crippen molar-refractivity contribution in [1.29, 1.82) is 0 Å². The zero-order valence-electron chi connectivity index (χ0n) is 8.78. The highest BCUT2D eigenvalue weighted by Crippen LogP contribution is 2.16. The predicted octanol–water partition coefficient (Wildman–Crippen LogP) is 2.11. The molecule has 0 atom stereocenters. The maximum absolute atomic E-state index is 12.6. The van der Waals surface area contributed by atoms with Crippen molar-refractivity contribution < 1.29 is 4.39 Å². The fourth-order valence-electron chi connectivity index (χ4n) is 1.37. The summed E-state index contributed by atoms with van der Waals surface area (Å²) in [6, 6.07) is 0. The summed E-state index contributed by atoms with van der Waals surface area (Å²) in [6.07, 6.45) is 5.89. The Morgan fingerprint density at radius 3 is 2.71 bits per heavy atom. The van der Waals surface area contributed by atoms with Gasteiger partial charge < -0.3 is 10.6 Å². The van der Waals surface area contributed by atoms with Crippen LogP contribution in [0.25, 0.3) is 0 Å². The van der Waals surface area contributed by atoms with Gasteiger partial charge in [0.1, 0.15) is 5.83 Å². The molecule has 14 heavy (non-hydrogen) atoms. The maximum atomic E-state index is 12.6. The number of hydrogen-bond acceptors (Lipinski definition) is 2. The van der Waals surface area contributed by atoms with Gasteiger partial charge in [-0.15, -0.1) is 0 Å². The summed E-state index contributed by atoms with van der Waals surface area (Å²) in [5.74, 6) is -0.0142. The van der Waals surface area contributed by atoms with Crippen LogP contribution in [-0.4, -0.2) is 19.6 Å². The van der Waals surface area contributed by atoms with Crippen molar-refractivity contribution in [3.05, 3.63) is 23.7 Å². The molecule has 2 N–H and O–H groups in total. The Labute approximate surface area is 85.3 Å². The van der Waals surface area contributed by atoms with Gasteiger partial charge in [-0.25, -0.2) is 4.39 Å². The fraction of sp³-hybridized carbons (Fsp3) is 0.636. The van der Waals surface area contributed by atoms with Crippen LogP contribution in [0.5, 0.6) is 0 Å². The van der Waals surface area contributed by atoms with Crippen LogP contribution >= 0.6 is 0 Å². The molecule has 1 rings (SSSR count). The van der Waals surface area contributed by atoms with E-state index in [0.29, 0.717) is 6.42 Å². The SMILES string of the molecule is CCCNCCNC1=CC=C(F)CC1. The van der Waals surface area contributed by atoms with Crippen molar-refractivity contribution in [3.63, 3.8) is 0 Å². The third-order valence-electron chi connectivity index (χ3n) is 2.18. The first-order valence-corrected chi connectivity index (χ1v) is 5.32. The van der Waals surface area contributed by atoms with Crippen molar-refractivity contribution in [2.24, 2.45) is 0 Å². The van der Waals surface area contributed by atoms with Gasteiger partial charge in [-0.2, -0.15) is 0 Å². The van der Waals surface area contributed by atoms with Gasteiger partial charge in [-0.05, 0) is 31.5 Å².